The minimum atomic E-state index is -0.681. The van der Waals surface area contributed by atoms with Crippen molar-refractivity contribution >= 4 is 41.1 Å². The van der Waals surface area contributed by atoms with Crippen molar-refractivity contribution < 1.29 is 47.8 Å². The van der Waals surface area contributed by atoms with Crippen molar-refractivity contribution in [2.75, 3.05) is 61.2 Å². The van der Waals surface area contributed by atoms with Crippen LogP contribution in [-0.4, -0.2) is 158 Å². The molecule has 2 saturated heterocycles. The van der Waals surface area contributed by atoms with Crippen molar-refractivity contribution in [3.05, 3.63) is 48.0 Å². The molecule has 5 rings (SSSR count). The van der Waals surface area contributed by atoms with Gasteiger partial charge < -0.3 is 29.3 Å². The van der Waals surface area contributed by atoms with Gasteiger partial charge in [0.05, 0.1) is 56.5 Å². The number of methoxy groups -OCH3 is 2. The molecule has 4 aliphatic rings. The summed E-state index contributed by atoms with van der Waals surface area (Å²) in [5, 5.41) is 2.90. The number of likely N-dealkylation sites (N-methyl/N-ethyl adjacent to an activating group) is 2. The minimum absolute atomic E-state index is 0.0133. The van der Waals surface area contributed by atoms with E-state index in [9.17, 15) is 33.6 Å². The normalized spacial score (nSPS) is 23.8. The number of Topliss-reactive ketones (excluding diaryl/α,β-unsaturated/α-hetero) is 2. The monoisotopic (exact) mass is 920 g/mol. The summed E-state index contributed by atoms with van der Waals surface area (Å²) in [6, 6.07) is 9.00. The lowest BCUT2D eigenvalue weighted by molar-refractivity contribution is -0.149. The van der Waals surface area contributed by atoms with E-state index in [1.54, 1.807) is 38.0 Å². The quantitative estimate of drug-likeness (QED) is 0.0974. The fourth-order valence-electron chi connectivity index (χ4n) is 11.1. The zero-order chi connectivity index (χ0) is 48.2. The average Bonchev–Trinajstić information content (AvgIpc) is 4.12. The SMILES string of the molecule is CC[C@H](C)[C@@H]([C@@H](CC(=O)N1CCC[C@H]1[C@H](OC)[C@@H](C)C(=O)C[C@@H](Cc1ccccc1)C(=O)NCCOCCN1C(=O)C=CC1=O)OC)N(C)C(=O)[C@@H](CC(=O)[C@@H]1[C@H]2CC[C@H](C2)N1C)C(C)C. The van der Waals surface area contributed by atoms with Gasteiger partial charge in [-0.15, -0.1) is 0 Å². The fourth-order valence-corrected chi connectivity index (χ4v) is 11.1. The lowest BCUT2D eigenvalue weighted by Crippen LogP contribution is -2.54. The second-order valence-corrected chi connectivity index (χ2v) is 19.6. The van der Waals surface area contributed by atoms with Crippen LogP contribution in [0.4, 0.5) is 0 Å². The summed E-state index contributed by atoms with van der Waals surface area (Å²) in [5.74, 6) is -2.86. The molecule has 0 radical (unpaired) electrons. The second kappa shape index (κ2) is 24.6. The van der Waals surface area contributed by atoms with Gasteiger partial charge in [0, 0.05) is 83.1 Å². The first-order valence-corrected chi connectivity index (χ1v) is 24.3. The molecule has 5 amide bonds. The van der Waals surface area contributed by atoms with Gasteiger partial charge in [-0.05, 0) is 68.9 Å². The van der Waals surface area contributed by atoms with E-state index < -0.39 is 36.0 Å². The first kappa shape index (κ1) is 52.7. The molecule has 66 heavy (non-hydrogen) atoms. The third-order valence-corrected chi connectivity index (χ3v) is 15.2. The standard InChI is InChI=1S/C51H77N5O10/c1-10-33(4)47(54(7)51(63)39(32(2)3)30-42(58)48-36-18-19-38(28-36)53(48)6)43(64-8)31-46(61)55-23-14-17-40(55)49(65-9)34(5)41(57)29-37(27-35-15-12-11-13-16-35)50(62)52-22-25-66-26-24-56-44(59)20-21-45(56)60/h11-13,15-16,20-21,32-34,36-40,43,47-49H,10,14,17-19,22-31H2,1-9H3,(H,52,62)/t33-,34-,36-,37+,38+,39-,40-,43+,47-,48-,49+/m0/s1. The number of piperidine rings is 1. The summed E-state index contributed by atoms with van der Waals surface area (Å²) in [7, 11) is 6.96. The lowest BCUT2D eigenvalue weighted by Gasteiger charge is -2.41. The third kappa shape index (κ3) is 12.8. The van der Waals surface area contributed by atoms with E-state index in [0.717, 1.165) is 42.6 Å². The number of nitrogens with one attached hydrogen (secondary N) is 1. The highest BCUT2D eigenvalue weighted by molar-refractivity contribution is 6.12. The van der Waals surface area contributed by atoms with Crippen LogP contribution in [0.25, 0.3) is 0 Å². The highest BCUT2D eigenvalue weighted by Crippen LogP contribution is 2.42. The molecular weight excluding hydrogens is 843 g/mol. The third-order valence-electron chi connectivity index (χ3n) is 15.2. The number of carbonyl (C=O) groups excluding carboxylic acids is 7. The molecule has 1 aromatic rings. The number of hydrogen-bond acceptors (Lipinski definition) is 11. The molecule has 0 unspecified atom stereocenters. The molecule has 3 aliphatic heterocycles. The van der Waals surface area contributed by atoms with E-state index in [4.69, 9.17) is 14.2 Å². The summed E-state index contributed by atoms with van der Waals surface area (Å²) in [6.45, 7) is 11.0. The van der Waals surface area contributed by atoms with Crippen LogP contribution >= 0.6 is 0 Å². The van der Waals surface area contributed by atoms with Crippen molar-refractivity contribution in [1.29, 1.82) is 0 Å². The van der Waals surface area contributed by atoms with Crippen LogP contribution in [0.3, 0.4) is 0 Å². The van der Waals surface area contributed by atoms with E-state index in [0.29, 0.717) is 31.3 Å². The predicted octanol–water partition coefficient (Wildman–Crippen LogP) is 4.50. The topological polar surface area (TPSA) is 172 Å². The summed E-state index contributed by atoms with van der Waals surface area (Å²) in [6.07, 6.45) is 7.04. The highest BCUT2D eigenvalue weighted by Gasteiger charge is 2.48. The van der Waals surface area contributed by atoms with Gasteiger partial charge in [-0.1, -0.05) is 71.4 Å². The number of ketones is 2. The van der Waals surface area contributed by atoms with Gasteiger partial charge in [-0.3, -0.25) is 43.4 Å². The van der Waals surface area contributed by atoms with Crippen molar-refractivity contribution in [3.8, 4) is 0 Å². The first-order valence-electron chi connectivity index (χ1n) is 24.3. The summed E-state index contributed by atoms with van der Waals surface area (Å²) < 4.78 is 17.8. The summed E-state index contributed by atoms with van der Waals surface area (Å²) >= 11 is 0. The largest absolute Gasteiger partial charge is 0.379 e. The molecule has 0 aromatic heterocycles. The number of imide groups is 1. The Bertz CT molecular complexity index is 1850. The van der Waals surface area contributed by atoms with Crippen molar-refractivity contribution in [2.45, 2.75) is 135 Å². The number of fused-ring (bicyclic) bond motifs is 2. The fraction of sp³-hybridized carbons (Fsp3) is 0.706. The molecule has 0 spiro atoms. The lowest BCUT2D eigenvalue weighted by atomic mass is 9.83. The van der Waals surface area contributed by atoms with Crippen LogP contribution in [-0.2, 0) is 54.2 Å². The number of hydrogen-bond donors (Lipinski definition) is 1. The molecule has 15 heteroatoms. The number of carbonyl (C=O) groups is 7. The Morgan fingerprint density at radius 3 is 2.20 bits per heavy atom. The van der Waals surface area contributed by atoms with E-state index in [1.807, 2.05) is 51.2 Å². The number of amides is 5. The molecule has 11 atom stereocenters. The van der Waals surface area contributed by atoms with Crippen LogP contribution < -0.4 is 5.32 Å². The van der Waals surface area contributed by atoms with E-state index in [1.165, 1.54) is 12.2 Å². The smallest absolute Gasteiger partial charge is 0.253 e. The van der Waals surface area contributed by atoms with Crippen molar-refractivity contribution in [2.24, 2.45) is 35.5 Å². The number of nitrogens with zero attached hydrogens (tertiary/aromatic N) is 4. The van der Waals surface area contributed by atoms with Crippen LogP contribution in [0.15, 0.2) is 42.5 Å². The molecule has 1 saturated carbocycles. The maximum Gasteiger partial charge on any atom is 0.253 e. The Kier molecular flexibility index (Phi) is 19.7. The Hall–Kier alpha value is -4.31. The van der Waals surface area contributed by atoms with Crippen LogP contribution in [0.1, 0.15) is 98.0 Å². The molecule has 1 aliphatic carbocycles. The zero-order valence-corrected chi connectivity index (χ0v) is 40.9. The predicted molar refractivity (Wildman–Crippen MR) is 250 cm³/mol. The van der Waals surface area contributed by atoms with Crippen LogP contribution in [0.2, 0.25) is 0 Å². The van der Waals surface area contributed by atoms with Crippen LogP contribution in [0.5, 0.6) is 0 Å². The van der Waals surface area contributed by atoms with Gasteiger partial charge in [-0.2, -0.15) is 0 Å². The maximum atomic E-state index is 14.5. The van der Waals surface area contributed by atoms with Crippen LogP contribution in [0, 0.1) is 35.5 Å². The summed E-state index contributed by atoms with van der Waals surface area (Å²) in [4.78, 5) is 101. The number of ether oxygens (including phenoxy) is 3. The second-order valence-electron chi connectivity index (χ2n) is 19.6. The molecule has 1 N–H and O–H groups in total. The number of rotatable bonds is 27. The molecule has 2 bridgehead atoms. The molecule has 15 nitrogen and oxygen atoms in total. The zero-order valence-electron chi connectivity index (χ0n) is 40.9. The average molecular weight is 920 g/mol. The van der Waals surface area contributed by atoms with E-state index in [2.05, 4.69) is 24.1 Å². The first-order chi connectivity index (χ1) is 31.5. The number of likely N-dealkylation sites (tertiary alicyclic amines) is 2. The Morgan fingerprint density at radius 1 is 0.894 bits per heavy atom. The molecule has 3 fully saturated rings. The molecule has 366 valence electrons. The van der Waals surface area contributed by atoms with Gasteiger partial charge in [-0.25, -0.2) is 0 Å². The Morgan fingerprint density at radius 2 is 1.59 bits per heavy atom. The maximum absolute atomic E-state index is 14.5. The Labute approximate surface area is 392 Å². The van der Waals surface area contributed by atoms with Gasteiger partial charge >= 0.3 is 0 Å². The summed E-state index contributed by atoms with van der Waals surface area (Å²) in [5.41, 5.74) is 0.909. The van der Waals surface area contributed by atoms with Gasteiger partial charge in [0.15, 0.2) is 5.78 Å². The van der Waals surface area contributed by atoms with E-state index in [-0.39, 0.29) is 111 Å². The van der Waals surface area contributed by atoms with Gasteiger partial charge in [0.2, 0.25) is 17.7 Å². The highest BCUT2D eigenvalue weighted by atomic mass is 16.5. The van der Waals surface area contributed by atoms with Gasteiger partial charge in [0.1, 0.15) is 5.78 Å². The molecule has 1 aromatic carbocycles. The van der Waals surface area contributed by atoms with Gasteiger partial charge in [0.25, 0.3) is 11.8 Å². The van der Waals surface area contributed by atoms with Crippen molar-refractivity contribution in [1.82, 2.24) is 24.9 Å². The molecular formula is C51H77N5O10. The number of benzene rings is 1. The van der Waals surface area contributed by atoms with E-state index >= 15 is 0 Å². The Balaban J connectivity index is 1.21. The minimum Gasteiger partial charge on any atom is -0.379 e. The molecule has 3 heterocycles. The van der Waals surface area contributed by atoms with Crippen molar-refractivity contribution in [3.63, 3.8) is 0 Å².